The molecular weight excluding hydrogens is 200 g/mol. The molecule has 0 bridgehead atoms. The zero-order valence-corrected chi connectivity index (χ0v) is 9.77. The van der Waals surface area contributed by atoms with E-state index in [1.807, 2.05) is 29.9 Å². The van der Waals surface area contributed by atoms with Gasteiger partial charge < -0.3 is 14.8 Å². The molecule has 1 unspecified atom stereocenters. The van der Waals surface area contributed by atoms with Crippen LogP contribution in [0.5, 0.6) is 5.75 Å². The van der Waals surface area contributed by atoms with Crippen molar-refractivity contribution in [3.8, 4) is 5.75 Å². The molecule has 16 heavy (non-hydrogen) atoms. The maximum absolute atomic E-state index is 9.86. The van der Waals surface area contributed by atoms with Gasteiger partial charge in [0.1, 0.15) is 5.75 Å². The number of pyridine rings is 1. The molecule has 0 aliphatic carbocycles. The third-order valence-electron chi connectivity index (χ3n) is 3.11. The van der Waals surface area contributed by atoms with Gasteiger partial charge in [-0.2, -0.15) is 0 Å². The molecule has 0 fully saturated rings. The summed E-state index contributed by atoms with van der Waals surface area (Å²) < 4.78 is 1.97. The van der Waals surface area contributed by atoms with Crippen molar-refractivity contribution in [2.75, 3.05) is 7.05 Å². The maximum Gasteiger partial charge on any atom is 0.139 e. The summed E-state index contributed by atoms with van der Waals surface area (Å²) >= 11 is 0. The number of aromatic nitrogens is 1. The van der Waals surface area contributed by atoms with E-state index in [0.29, 0.717) is 11.8 Å². The quantitative estimate of drug-likeness (QED) is 0.825. The van der Waals surface area contributed by atoms with Crippen LogP contribution in [0.25, 0.3) is 5.52 Å². The fraction of sp³-hybridized carbons (Fsp3) is 0.385. The molecule has 86 valence electrons. The molecule has 2 aromatic heterocycles. The van der Waals surface area contributed by atoms with Gasteiger partial charge >= 0.3 is 0 Å². The maximum atomic E-state index is 9.86. The van der Waals surface area contributed by atoms with E-state index < -0.39 is 0 Å². The molecule has 0 aliphatic rings. The first-order valence-corrected chi connectivity index (χ1v) is 5.71. The number of hydrogen-bond acceptors (Lipinski definition) is 2. The van der Waals surface area contributed by atoms with Crippen molar-refractivity contribution in [3.05, 3.63) is 36.2 Å². The average molecular weight is 218 g/mol. The fourth-order valence-corrected chi connectivity index (χ4v) is 2.10. The summed E-state index contributed by atoms with van der Waals surface area (Å²) in [5.41, 5.74) is 2.12. The molecule has 3 nitrogen and oxygen atoms in total. The van der Waals surface area contributed by atoms with Crippen molar-refractivity contribution in [1.29, 1.82) is 0 Å². The molecule has 2 heterocycles. The van der Waals surface area contributed by atoms with Gasteiger partial charge in [0.25, 0.3) is 0 Å². The normalized spacial score (nSPS) is 13.1. The Hall–Kier alpha value is -1.48. The van der Waals surface area contributed by atoms with E-state index in [2.05, 4.69) is 18.3 Å². The van der Waals surface area contributed by atoms with Gasteiger partial charge in [-0.05, 0) is 43.7 Å². The molecule has 2 N–H and O–H groups in total. The summed E-state index contributed by atoms with van der Waals surface area (Å²) in [5, 5.41) is 13.1. The van der Waals surface area contributed by atoms with Gasteiger partial charge in [-0.1, -0.05) is 6.92 Å². The van der Waals surface area contributed by atoms with Crippen molar-refractivity contribution in [2.24, 2.45) is 0 Å². The lowest BCUT2D eigenvalue weighted by atomic mass is 10.1. The smallest absolute Gasteiger partial charge is 0.139 e. The minimum absolute atomic E-state index is 0.355. The largest absolute Gasteiger partial charge is 0.506 e. The molecule has 0 spiro atoms. The SMILES string of the molecule is CCC(Cc1ccn2cccc(O)c12)NC. The predicted octanol–water partition coefficient (Wildman–Crippen LogP) is 2.19. The number of fused-ring (bicyclic) bond motifs is 1. The number of likely N-dealkylation sites (N-methyl/N-ethyl adjacent to an activating group) is 1. The van der Waals surface area contributed by atoms with Crippen molar-refractivity contribution in [1.82, 2.24) is 9.72 Å². The van der Waals surface area contributed by atoms with E-state index >= 15 is 0 Å². The van der Waals surface area contributed by atoms with Gasteiger partial charge in [0.05, 0.1) is 5.52 Å². The lowest BCUT2D eigenvalue weighted by molar-refractivity contribution is 0.477. The lowest BCUT2D eigenvalue weighted by Crippen LogP contribution is -2.26. The van der Waals surface area contributed by atoms with E-state index in [1.165, 1.54) is 5.56 Å². The number of nitrogens with one attached hydrogen (secondary N) is 1. The van der Waals surface area contributed by atoms with Crippen LogP contribution in [0.1, 0.15) is 18.9 Å². The Morgan fingerprint density at radius 3 is 2.88 bits per heavy atom. The van der Waals surface area contributed by atoms with Gasteiger partial charge in [-0.3, -0.25) is 0 Å². The minimum atomic E-state index is 0.355. The van der Waals surface area contributed by atoms with Crippen LogP contribution in [0.4, 0.5) is 0 Å². The second-order valence-corrected chi connectivity index (χ2v) is 4.09. The summed E-state index contributed by atoms with van der Waals surface area (Å²) in [6.07, 6.45) is 5.98. The highest BCUT2D eigenvalue weighted by molar-refractivity contribution is 5.65. The van der Waals surface area contributed by atoms with Crippen LogP contribution >= 0.6 is 0 Å². The number of hydrogen-bond donors (Lipinski definition) is 2. The minimum Gasteiger partial charge on any atom is -0.506 e. The van der Waals surface area contributed by atoms with Gasteiger partial charge in [-0.25, -0.2) is 0 Å². The van der Waals surface area contributed by atoms with Crippen LogP contribution in [0.15, 0.2) is 30.6 Å². The monoisotopic (exact) mass is 218 g/mol. The summed E-state index contributed by atoms with van der Waals surface area (Å²) in [5.74, 6) is 0.355. The zero-order valence-electron chi connectivity index (χ0n) is 9.77. The van der Waals surface area contributed by atoms with Crippen molar-refractivity contribution in [2.45, 2.75) is 25.8 Å². The zero-order chi connectivity index (χ0) is 11.5. The van der Waals surface area contributed by atoms with E-state index in [4.69, 9.17) is 0 Å². The fourth-order valence-electron chi connectivity index (χ4n) is 2.10. The molecule has 0 aromatic carbocycles. The van der Waals surface area contributed by atoms with E-state index in [0.717, 1.165) is 18.4 Å². The van der Waals surface area contributed by atoms with Gasteiger partial charge in [0, 0.05) is 18.4 Å². The molecule has 0 saturated carbocycles. The second-order valence-electron chi connectivity index (χ2n) is 4.09. The number of nitrogens with zero attached hydrogens (tertiary/aromatic N) is 1. The van der Waals surface area contributed by atoms with Crippen LogP contribution in [0, 0.1) is 0 Å². The molecule has 0 aliphatic heterocycles. The Morgan fingerprint density at radius 2 is 2.19 bits per heavy atom. The number of aromatic hydroxyl groups is 1. The molecule has 0 radical (unpaired) electrons. The molecule has 2 aromatic rings. The Balaban J connectivity index is 2.37. The first kappa shape index (κ1) is 11.0. The van der Waals surface area contributed by atoms with Crippen molar-refractivity contribution < 1.29 is 5.11 Å². The van der Waals surface area contributed by atoms with Crippen LogP contribution in [-0.4, -0.2) is 22.6 Å². The molecular formula is C13H18N2O. The lowest BCUT2D eigenvalue weighted by Gasteiger charge is -2.13. The Labute approximate surface area is 95.7 Å². The summed E-state index contributed by atoms with van der Waals surface area (Å²) in [6.45, 7) is 2.17. The Bertz CT molecular complexity index is 472. The summed E-state index contributed by atoms with van der Waals surface area (Å²) in [4.78, 5) is 0. The molecule has 0 saturated heterocycles. The van der Waals surface area contributed by atoms with Crippen LogP contribution in [0.3, 0.4) is 0 Å². The third kappa shape index (κ3) is 1.91. The van der Waals surface area contributed by atoms with E-state index in [-0.39, 0.29) is 0 Å². The second kappa shape index (κ2) is 4.58. The summed E-state index contributed by atoms with van der Waals surface area (Å²) in [7, 11) is 1.98. The Morgan fingerprint density at radius 1 is 1.38 bits per heavy atom. The van der Waals surface area contributed by atoms with Crippen LogP contribution in [-0.2, 0) is 6.42 Å². The van der Waals surface area contributed by atoms with Crippen molar-refractivity contribution in [3.63, 3.8) is 0 Å². The standard InChI is InChI=1S/C13H18N2O/c1-3-11(14-2)9-10-6-8-15-7-4-5-12(16)13(10)15/h4-8,11,14,16H,3,9H2,1-2H3. The third-order valence-corrected chi connectivity index (χ3v) is 3.11. The van der Waals surface area contributed by atoms with E-state index in [9.17, 15) is 5.11 Å². The van der Waals surface area contributed by atoms with Gasteiger partial charge in [0.15, 0.2) is 0 Å². The topological polar surface area (TPSA) is 36.7 Å². The van der Waals surface area contributed by atoms with Gasteiger partial charge in [-0.15, -0.1) is 0 Å². The van der Waals surface area contributed by atoms with Crippen molar-refractivity contribution >= 4 is 5.52 Å². The molecule has 1 atom stereocenters. The first-order chi connectivity index (χ1) is 7.76. The van der Waals surface area contributed by atoms with E-state index in [1.54, 1.807) is 6.07 Å². The van der Waals surface area contributed by atoms with Crippen LogP contribution < -0.4 is 5.32 Å². The highest BCUT2D eigenvalue weighted by Crippen LogP contribution is 2.24. The summed E-state index contributed by atoms with van der Waals surface area (Å²) in [6, 6.07) is 6.13. The highest BCUT2D eigenvalue weighted by atomic mass is 16.3. The molecule has 0 amide bonds. The van der Waals surface area contributed by atoms with Gasteiger partial charge in [0.2, 0.25) is 0 Å². The average Bonchev–Trinajstić information content (AvgIpc) is 2.70. The first-order valence-electron chi connectivity index (χ1n) is 5.71. The molecule has 3 heteroatoms. The molecule has 2 rings (SSSR count). The predicted molar refractivity (Wildman–Crippen MR) is 65.9 cm³/mol. The van der Waals surface area contributed by atoms with Crippen LogP contribution in [0.2, 0.25) is 0 Å². The number of rotatable bonds is 4. The highest BCUT2D eigenvalue weighted by Gasteiger charge is 2.10. The Kier molecular flexibility index (Phi) is 3.15.